The van der Waals surface area contributed by atoms with E-state index in [9.17, 15) is 4.79 Å². The number of nitrogens with one attached hydrogen (secondary N) is 1. The van der Waals surface area contributed by atoms with Gasteiger partial charge in [0.05, 0.1) is 0 Å². The molecule has 0 aromatic rings. The van der Waals surface area contributed by atoms with Gasteiger partial charge in [0.25, 0.3) is 0 Å². The van der Waals surface area contributed by atoms with Crippen molar-refractivity contribution >= 4 is 5.91 Å². The predicted octanol–water partition coefficient (Wildman–Crippen LogP) is 2.77. The second kappa shape index (κ2) is 8.30. The smallest absolute Gasteiger partial charge is 0.220 e. The van der Waals surface area contributed by atoms with E-state index in [1.54, 1.807) is 0 Å². The first-order chi connectivity index (χ1) is 10.2. The van der Waals surface area contributed by atoms with Gasteiger partial charge in [0.2, 0.25) is 5.91 Å². The van der Waals surface area contributed by atoms with Crippen LogP contribution in [0.2, 0.25) is 0 Å². The second-order valence-corrected chi connectivity index (χ2v) is 8.52. The number of carbonyl (C=O) groups is 1. The maximum absolute atomic E-state index is 12.6. The van der Waals surface area contributed by atoms with E-state index in [0.29, 0.717) is 13.0 Å². The molecule has 1 aliphatic carbocycles. The molecule has 1 rings (SSSR count). The monoisotopic (exact) mass is 311 g/mol. The van der Waals surface area contributed by atoms with Crippen LogP contribution in [0.4, 0.5) is 0 Å². The molecule has 1 unspecified atom stereocenters. The van der Waals surface area contributed by atoms with E-state index in [-0.39, 0.29) is 22.8 Å². The van der Waals surface area contributed by atoms with Crippen LogP contribution in [0.5, 0.6) is 0 Å². The molecule has 0 saturated heterocycles. The van der Waals surface area contributed by atoms with Crippen LogP contribution in [0.25, 0.3) is 0 Å². The number of hydrogen-bond acceptors (Lipinski definition) is 3. The normalized spacial score (nSPS) is 20.0. The lowest BCUT2D eigenvalue weighted by Gasteiger charge is -2.37. The number of nitrogens with zero attached hydrogens (tertiary/aromatic N) is 1. The molecule has 0 aromatic heterocycles. The lowest BCUT2D eigenvalue weighted by molar-refractivity contribution is -0.125. The molecule has 4 heteroatoms. The third-order valence-corrected chi connectivity index (χ3v) is 5.13. The minimum absolute atomic E-state index is 0.0479. The summed E-state index contributed by atoms with van der Waals surface area (Å²) in [5.41, 5.74) is 6.14. The van der Waals surface area contributed by atoms with Gasteiger partial charge >= 0.3 is 0 Å². The van der Waals surface area contributed by atoms with Gasteiger partial charge in [-0.15, -0.1) is 0 Å². The van der Waals surface area contributed by atoms with Crippen LogP contribution >= 0.6 is 0 Å². The summed E-state index contributed by atoms with van der Waals surface area (Å²) in [7, 11) is 4.15. The van der Waals surface area contributed by atoms with Crippen LogP contribution < -0.4 is 11.1 Å². The first-order valence-electron chi connectivity index (χ1n) is 8.83. The molecule has 0 aliphatic heterocycles. The van der Waals surface area contributed by atoms with Crippen molar-refractivity contribution in [3.8, 4) is 0 Å². The zero-order valence-corrected chi connectivity index (χ0v) is 15.4. The van der Waals surface area contributed by atoms with Gasteiger partial charge in [-0.25, -0.2) is 0 Å². The van der Waals surface area contributed by atoms with Crippen LogP contribution in [-0.4, -0.2) is 44.0 Å². The third kappa shape index (κ3) is 6.25. The summed E-state index contributed by atoms with van der Waals surface area (Å²) in [6.45, 7) is 8.23. The van der Waals surface area contributed by atoms with Crippen molar-refractivity contribution in [1.29, 1.82) is 0 Å². The maximum atomic E-state index is 12.6. The molecule has 0 bridgehead atoms. The Hall–Kier alpha value is -0.610. The number of nitrogens with two attached hydrogens (primary N) is 1. The second-order valence-electron chi connectivity index (χ2n) is 8.52. The van der Waals surface area contributed by atoms with Gasteiger partial charge in [-0.05, 0) is 57.3 Å². The van der Waals surface area contributed by atoms with E-state index in [0.717, 1.165) is 25.8 Å². The van der Waals surface area contributed by atoms with Gasteiger partial charge in [-0.2, -0.15) is 0 Å². The molecule has 4 nitrogen and oxygen atoms in total. The lowest BCUT2D eigenvalue weighted by atomic mass is 9.71. The molecule has 3 N–H and O–H groups in total. The van der Waals surface area contributed by atoms with Crippen molar-refractivity contribution in [2.24, 2.45) is 16.6 Å². The summed E-state index contributed by atoms with van der Waals surface area (Å²) < 4.78 is 0. The molecular formula is C18H37N3O. The fourth-order valence-electron chi connectivity index (χ4n) is 3.45. The van der Waals surface area contributed by atoms with Crippen LogP contribution in [-0.2, 0) is 4.79 Å². The summed E-state index contributed by atoms with van der Waals surface area (Å²) in [6.07, 6.45) is 7.51. The molecule has 1 amide bonds. The molecule has 1 atom stereocenters. The van der Waals surface area contributed by atoms with Crippen molar-refractivity contribution in [2.75, 3.05) is 27.2 Å². The highest BCUT2D eigenvalue weighted by molar-refractivity contribution is 5.77. The van der Waals surface area contributed by atoms with Crippen molar-refractivity contribution in [2.45, 2.75) is 71.8 Å². The molecule has 130 valence electrons. The van der Waals surface area contributed by atoms with Crippen molar-refractivity contribution < 1.29 is 4.79 Å². The molecule has 0 radical (unpaired) electrons. The highest BCUT2D eigenvalue weighted by Gasteiger charge is 2.34. The Morgan fingerprint density at radius 1 is 1.23 bits per heavy atom. The largest absolute Gasteiger partial charge is 0.353 e. The third-order valence-electron chi connectivity index (χ3n) is 5.13. The van der Waals surface area contributed by atoms with E-state index in [1.807, 2.05) is 0 Å². The average Bonchev–Trinajstić information content (AvgIpc) is 2.43. The Morgan fingerprint density at radius 3 is 2.27 bits per heavy atom. The minimum atomic E-state index is 0.0479. The summed E-state index contributed by atoms with van der Waals surface area (Å²) in [5, 5.41) is 3.30. The number of rotatable bonds is 7. The maximum Gasteiger partial charge on any atom is 0.220 e. The van der Waals surface area contributed by atoms with Gasteiger partial charge < -0.3 is 16.0 Å². The Kier molecular flexibility index (Phi) is 7.33. The summed E-state index contributed by atoms with van der Waals surface area (Å²) in [5.74, 6) is 0.186. The van der Waals surface area contributed by atoms with Gasteiger partial charge in [0, 0.05) is 12.5 Å². The molecule has 22 heavy (non-hydrogen) atoms. The lowest BCUT2D eigenvalue weighted by Crippen LogP contribution is -2.47. The first kappa shape index (κ1) is 19.4. The van der Waals surface area contributed by atoms with E-state index in [2.05, 4.69) is 45.1 Å². The summed E-state index contributed by atoms with van der Waals surface area (Å²) in [6, 6.07) is 0.209. The Labute approximate surface area is 137 Å². The quantitative estimate of drug-likeness (QED) is 0.760. The number of amides is 1. The zero-order valence-electron chi connectivity index (χ0n) is 15.4. The summed E-state index contributed by atoms with van der Waals surface area (Å²) >= 11 is 0. The van der Waals surface area contributed by atoms with Crippen LogP contribution in [0, 0.1) is 10.8 Å². The molecule has 0 heterocycles. The van der Waals surface area contributed by atoms with Crippen LogP contribution in [0.15, 0.2) is 0 Å². The SMILES string of the molecule is CN(C)CCC(NC(=O)CC1(CN)CCCCC1)C(C)(C)C. The Balaban J connectivity index is 2.61. The van der Waals surface area contributed by atoms with E-state index in [1.165, 1.54) is 19.3 Å². The van der Waals surface area contributed by atoms with E-state index in [4.69, 9.17) is 5.73 Å². The van der Waals surface area contributed by atoms with Gasteiger partial charge in [-0.1, -0.05) is 40.0 Å². The van der Waals surface area contributed by atoms with Crippen molar-refractivity contribution in [1.82, 2.24) is 10.2 Å². The molecule has 0 aromatic carbocycles. The van der Waals surface area contributed by atoms with Crippen molar-refractivity contribution in [3.63, 3.8) is 0 Å². The first-order valence-corrected chi connectivity index (χ1v) is 8.83. The number of hydrogen-bond donors (Lipinski definition) is 2. The average molecular weight is 312 g/mol. The molecular weight excluding hydrogens is 274 g/mol. The van der Waals surface area contributed by atoms with Crippen LogP contribution in [0.3, 0.4) is 0 Å². The van der Waals surface area contributed by atoms with E-state index >= 15 is 0 Å². The zero-order chi connectivity index (χ0) is 16.8. The number of carbonyl (C=O) groups excluding carboxylic acids is 1. The van der Waals surface area contributed by atoms with Gasteiger partial charge in [0.1, 0.15) is 0 Å². The minimum Gasteiger partial charge on any atom is -0.353 e. The Morgan fingerprint density at radius 2 is 1.82 bits per heavy atom. The summed E-state index contributed by atoms with van der Waals surface area (Å²) in [4.78, 5) is 14.8. The van der Waals surface area contributed by atoms with E-state index < -0.39 is 0 Å². The molecule has 0 spiro atoms. The highest BCUT2D eigenvalue weighted by atomic mass is 16.1. The molecule has 1 fully saturated rings. The van der Waals surface area contributed by atoms with Crippen LogP contribution in [0.1, 0.15) is 65.7 Å². The highest BCUT2D eigenvalue weighted by Crippen LogP contribution is 2.38. The Bertz CT molecular complexity index is 341. The van der Waals surface area contributed by atoms with Crippen molar-refractivity contribution in [3.05, 3.63) is 0 Å². The molecule has 1 saturated carbocycles. The topological polar surface area (TPSA) is 58.4 Å². The fourth-order valence-corrected chi connectivity index (χ4v) is 3.45. The molecule has 1 aliphatic rings. The predicted molar refractivity (Wildman–Crippen MR) is 93.7 cm³/mol. The van der Waals surface area contributed by atoms with Gasteiger partial charge in [-0.3, -0.25) is 4.79 Å². The van der Waals surface area contributed by atoms with Gasteiger partial charge in [0.15, 0.2) is 0 Å². The fraction of sp³-hybridized carbons (Fsp3) is 0.944. The standard InChI is InChI=1S/C18H37N3O/c1-17(2,3)15(9-12-21(4)5)20-16(22)13-18(14-19)10-7-6-8-11-18/h15H,6-14,19H2,1-5H3,(H,20,22).